The average molecular weight is 570 g/mol. The molecule has 8 nitrogen and oxygen atoms in total. The molecule has 0 aromatic heterocycles. The van der Waals surface area contributed by atoms with Crippen molar-refractivity contribution in [2.75, 3.05) is 31.2 Å². The van der Waals surface area contributed by atoms with Crippen LogP contribution in [0.1, 0.15) is 25.3 Å². The number of anilines is 1. The zero-order chi connectivity index (χ0) is 25.5. The van der Waals surface area contributed by atoms with E-state index in [1.54, 1.807) is 25.1 Å². The van der Waals surface area contributed by atoms with Gasteiger partial charge < -0.3 is 24.4 Å². The molecule has 2 amide bonds. The maximum Gasteiger partial charge on any atom is 0.312 e. The quantitative estimate of drug-likeness (QED) is 0.279. The summed E-state index contributed by atoms with van der Waals surface area (Å²) in [6.07, 6.45) is 1.70. The normalized spacial score (nSPS) is 30.9. The Kier molecular flexibility index (Phi) is 7.62. The van der Waals surface area contributed by atoms with Crippen LogP contribution in [-0.4, -0.2) is 76.7 Å². The Labute approximate surface area is 218 Å². The standard InChI is InChI=1S/C25H30BrClN2O6/c1-4-10-28(19-14(3)8-6-9-16(19)27)23(32)21-25-13-15(26)20(35-25)17(24(33)34-5-2)18(25)22(31)29(21)11-7-12-30/h4,6,8-9,15,17-18,20-21,30H,1,5,7,10-13H2,2-3H3/t15?,17-,18+,20-,21-,25+/m0/s1. The van der Waals surface area contributed by atoms with Crippen LogP contribution in [0.15, 0.2) is 30.9 Å². The fourth-order valence-electron chi connectivity index (χ4n) is 5.93. The molecule has 0 radical (unpaired) electrons. The van der Waals surface area contributed by atoms with E-state index in [1.807, 2.05) is 13.0 Å². The van der Waals surface area contributed by atoms with Gasteiger partial charge in [-0.15, -0.1) is 6.58 Å². The third-order valence-corrected chi connectivity index (χ3v) is 8.32. The van der Waals surface area contributed by atoms with E-state index in [4.69, 9.17) is 21.1 Å². The number of rotatable bonds is 9. The van der Waals surface area contributed by atoms with Crippen molar-refractivity contribution in [3.63, 3.8) is 0 Å². The number of nitrogens with zero attached hydrogens (tertiary/aromatic N) is 2. The van der Waals surface area contributed by atoms with Crippen molar-refractivity contribution in [1.82, 2.24) is 4.90 Å². The molecule has 1 aromatic rings. The lowest BCUT2D eigenvalue weighted by molar-refractivity contribution is -0.154. The second kappa shape index (κ2) is 10.2. The molecule has 0 saturated carbocycles. The number of carbonyl (C=O) groups excluding carboxylic acids is 3. The van der Waals surface area contributed by atoms with E-state index in [-0.39, 0.29) is 49.4 Å². The summed E-state index contributed by atoms with van der Waals surface area (Å²) in [7, 11) is 0. The molecule has 4 rings (SSSR count). The average Bonchev–Trinajstić information content (AvgIpc) is 3.40. The van der Waals surface area contributed by atoms with Gasteiger partial charge in [0.25, 0.3) is 5.91 Å². The molecule has 3 fully saturated rings. The van der Waals surface area contributed by atoms with Crippen LogP contribution >= 0.6 is 27.5 Å². The number of halogens is 2. The molecule has 1 N–H and O–H groups in total. The summed E-state index contributed by atoms with van der Waals surface area (Å²) in [5.74, 6) is -2.84. The number of likely N-dealkylation sites (tertiary alicyclic amines) is 1. The number of aliphatic hydroxyl groups is 1. The van der Waals surface area contributed by atoms with Gasteiger partial charge in [-0.05, 0) is 38.3 Å². The first-order valence-corrected chi connectivity index (χ1v) is 13.1. The number of carbonyl (C=O) groups is 3. The van der Waals surface area contributed by atoms with Crippen LogP contribution in [0.2, 0.25) is 5.02 Å². The number of para-hydroxylation sites is 1. The summed E-state index contributed by atoms with van der Waals surface area (Å²) >= 11 is 10.2. The van der Waals surface area contributed by atoms with Crippen LogP contribution in [-0.2, 0) is 23.9 Å². The molecule has 3 heterocycles. The van der Waals surface area contributed by atoms with Crippen molar-refractivity contribution < 1.29 is 29.0 Å². The lowest BCUT2D eigenvalue weighted by Crippen LogP contribution is -2.57. The first kappa shape index (κ1) is 26.1. The van der Waals surface area contributed by atoms with Gasteiger partial charge in [0.05, 0.1) is 35.3 Å². The number of hydrogen-bond acceptors (Lipinski definition) is 6. The lowest BCUT2D eigenvalue weighted by atomic mass is 9.70. The molecular formula is C25H30BrClN2O6. The van der Waals surface area contributed by atoms with Crippen LogP contribution < -0.4 is 4.90 Å². The highest BCUT2D eigenvalue weighted by Crippen LogP contribution is 2.60. The van der Waals surface area contributed by atoms with Gasteiger partial charge in [-0.25, -0.2) is 0 Å². The van der Waals surface area contributed by atoms with E-state index in [1.165, 1.54) is 9.80 Å². The van der Waals surface area contributed by atoms with Crippen LogP contribution in [0, 0.1) is 18.8 Å². The van der Waals surface area contributed by atoms with E-state index >= 15 is 0 Å². The Balaban J connectivity index is 1.82. The van der Waals surface area contributed by atoms with E-state index < -0.39 is 35.6 Å². The molecule has 10 heteroatoms. The summed E-state index contributed by atoms with van der Waals surface area (Å²) in [6.45, 7) is 7.74. The summed E-state index contributed by atoms with van der Waals surface area (Å²) < 4.78 is 11.7. The first-order chi connectivity index (χ1) is 16.7. The van der Waals surface area contributed by atoms with E-state index in [9.17, 15) is 19.5 Å². The van der Waals surface area contributed by atoms with Crippen LogP contribution in [0.4, 0.5) is 5.69 Å². The molecule has 3 saturated heterocycles. The van der Waals surface area contributed by atoms with Gasteiger partial charge in [-0.2, -0.15) is 0 Å². The molecule has 190 valence electrons. The Morgan fingerprint density at radius 1 is 1.46 bits per heavy atom. The number of alkyl halides is 1. The third kappa shape index (κ3) is 4.10. The van der Waals surface area contributed by atoms with Crippen LogP contribution in [0.5, 0.6) is 0 Å². The molecule has 1 spiro atoms. The first-order valence-electron chi connectivity index (χ1n) is 11.8. The van der Waals surface area contributed by atoms with Crippen LogP contribution in [0.25, 0.3) is 0 Å². The van der Waals surface area contributed by atoms with E-state index in [0.29, 0.717) is 17.1 Å². The van der Waals surface area contributed by atoms with Gasteiger partial charge in [0.2, 0.25) is 5.91 Å². The van der Waals surface area contributed by atoms with Gasteiger partial charge in [0.15, 0.2) is 0 Å². The maximum absolute atomic E-state index is 14.3. The molecule has 6 atom stereocenters. The second-order valence-corrected chi connectivity index (χ2v) is 10.8. The second-order valence-electron chi connectivity index (χ2n) is 9.17. The maximum atomic E-state index is 14.3. The number of hydrogen-bond donors (Lipinski definition) is 1. The summed E-state index contributed by atoms with van der Waals surface area (Å²) in [5.41, 5.74) is 0.139. The van der Waals surface area contributed by atoms with Crippen molar-refractivity contribution in [3.8, 4) is 0 Å². The number of ether oxygens (including phenoxy) is 2. The molecule has 35 heavy (non-hydrogen) atoms. The highest BCUT2D eigenvalue weighted by Gasteiger charge is 2.77. The van der Waals surface area contributed by atoms with Crippen molar-refractivity contribution in [2.45, 2.75) is 49.3 Å². The summed E-state index contributed by atoms with van der Waals surface area (Å²) in [6, 6.07) is 4.38. The minimum absolute atomic E-state index is 0.145. The SMILES string of the molecule is C=CCN(C(=O)[C@@H]1N(CCCO)C(=O)[C@H]2[C@H](C(=O)OCC)[C@H]3O[C@@]12CC3Br)c1c(C)cccc1Cl. The van der Waals surface area contributed by atoms with Gasteiger partial charge in [-0.1, -0.05) is 45.7 Å². The Morgan fingerprint density at radius 3 is 2.83 bits per heavy atom. The van der Waals surface area contributed by atoms with Crippen molar-refractivity contribution in [2.24, 2.45) is 11.8 Å². The molecule has 3 aliphatic heterocycles. The zero-order valence-electron chi connectivity index (χ0n) is 19.8. The lowest BCUT2D eigenvalue weighted by Gasteiger charge is -2.37. The molecule has 1 unspecified atom stereocenters. The fourth-order valence-corrected chi connectivity index (χ4v) is 7.20. The number of fused-ring (bicyclic) bond motifs is 1. The highest BCUT2D eigenvalue weighted by atomic mass is 79.9. The monoisotopic (exact) mass is 568 g/mol. The van der Waals surface area contributed by atoms with Gasteiger partial charge in [0.1, 0.15) is 11.6 Å². The number of benzene rings is 1. The summed E-state index contributed by atoms with van der Waals surface area (Å²) in [5, 5.41) is 9.89. The van der Waals surface area contributed by atoms with Gasteiger partial charge in [0, 0.05) is 24.5 Å². The fraction of sp³-hybridized carbons (Fsp3) is 0.560. The number of aliphatic hydroxyl groups excluding tert-OH is 1. The predicted octanol–water partition coefficient (Wildman–Crippen LogP) is 2.86. The Bertz CT molecular complexity index is 1020. The van der Waals surface area contributed by atoms with Crippen molar-refractivity contribution >= 4 is 51.0 Å². The molecular weight excluding hydrogens is 540 g/mol. The molecule has 0 aliphatic carbocycles. The predicted molar refractivity (Wildman–Crippen MR) is 134 cm³/mol. The van der Waals surface area contributed by atoms with Crippen molar-refractivity contribution in [3.05, 3.63) is 41.4 Å². The molecule has 1 aromatic carbocycles. The number of amides is 2. The smallest absolute Gasteiger partial charge is 0.312 e. The van der Waals surface area contributed by atoms with Gasteiger partial charge >= 0.3 is 5.97 Å². The largest absolute Gasteiger partial charge is 0.466 e. The zero-order valence-corrected chi connectivity index (χ0v) is 22.1. The van der Waals surface area contributed by atoms with Gasteiger partial charge in [-0.3, -0.25) is 14.4 Å². The summed E-state index contributed by atoms with van der Waals surface area (Å²) in [4.78, 5) is 43.9. The highest BCUT2D eigenvalue weighted by molar-refractivity contribution is 9.09. The Morgan fingerprint density at radius 2 is 2.20 bits per heavy atom. The van der Waals surface area contributed by atoms with Crippen molar-refractivity contribution in [1.29, 1.82) is 0 Å². The molecule has 2 bridgehead atoms. The minimum atomic E-state index is -1.20. The Hall–Kier alpha value is -1.94. The number of aryl methyl sites for hydroxylation is 1. The number of esters is 1. The third-order valence-electron chi connectivity index (χ3n) is 7.18. The van der Waals surface area contributed by atoms with Crippen LogP contribution in [0.3, 0.4) is 0 Å². The minimum Gasteiger partial charge on any atom is -0.466 e. The molecule has 3 aliphatic rings. The van der Waals surface area contributed by atoms with E-state index in [2.05, 4.69) is 22.5 Å². The topological polar surface area (TPSA) is 96.4 Å². The van der Waals surface area contributed by atoms with E-state index in [0.717, 1.165) is 5.56 Å².